The van der Waals surface area contributed by atoms with Crippen LogP contribution in [0.3, 0.4) is 0 Å². The molecule has 3 nitrogen and oxygen atoms in total. The van der Waals surface area contributed by atoms with E-state index in [1.165, 1.54) is 11.3 Å². The molecule has 0 aliphatic heterocycles. The number of aryl methyl sites for hydroxylation is 1. The van der Waals surface area contributed by atoms with Crippen LogP contribution in [0.4, 0.5) is 0 Å². The highest BCUT2D eigenvalue weighted by atomic mass is 15.1. The molecule has 0 amide bonds. The number of imidazole rings is 1. The summed E-state index contributed by atoms with van der Waals surface area (Å²) in [5.41, 5.74) is 2.56. The van der Waals surface area contributed by atoms with Gasteiger partial charge in [0.25, 0.3) is 0 Å². The second kappa shape index (κ2) is 5.33. The first-order valence-electron chi connectivity index (χ1n) is 7.00. The SMILES string of the molecule is CNC(C)CC(C)(C)Cc1nc2ccccc2n1C. The van der Waals surface area contributed by atoms with Crippen molar-refractivity contribution in [3.05, 3.63) is 30.1 Å². The summed E-state index contributed by atoms with van der Waals surface area (Å²) in [5, 5.41) is 3.32. The quantitative estimate of drug-likeness (QED) is 0.894. The van der Waals surface area contributed by atoms with Crippen LogP contribution in [-0.2, 0) is 13.5 Å². The Bertz CT molecular complexity index is 554. The molecule has 19 heavy (non-hydrogen) atoms. The number of hydrogen-bond donors (Lipinski definition) is 1. The van der Waals surface area contributed by atoms with Crippen LogP contribution >= 0.6 is 0 Å². The topological polar surface area (TPSA) is 29.9 Å². The van der Waals surface area contributed by atoms with Crippen LogP contribution in [-0.4, -0.2) is 22.6 Å². The van der Waals surface area contributed by atoms with E-state index in [1.807, 2.05) is 13.1 Å². The molecule has 1 unspecified atom stereocenters. The molecule has 2 rings (SSSR count). The van der Waals surface area contributed by atoms with Gasteiger partial charge in [-0.05, 0) is 37.9 Å². The molecule has 1 heterocycles. The largest absolute Gasteiger partial charge is 0.331 e. The fraction of sp³-hybridized carbons (Fsp3) is 0.562. The maximum Gasteiger partial charge on any atom is 0.110 e. The van der Waals surface area contributed by atoms with Gasteiger partial charge in [-0.15, -0.1) is 0 Å². The standard InChI is InChI=1S/C16H25N3/c1-12(17-4)10-16(2,3)11-15-18-13-8-6-7-9-14(13)19(15)5/h6-9,12,17H,10-11H2,1-5H3. The van der Waals surface area contributed by atoms with E-state index >= 15 is 0 Å². The molecule has 1 aromatic carbocycles. The number of fused-ring (bicyclic) bond motifs is 1. The number of benzene rings is 1. The van der Waals surface area contributed by atoms with Crippen molar-refractivity contribution in [2.75, 3.05) is 7.05 Å². The third-order valence-corrected chi connectivity index (χ3v) is 3.87. The molecular formula is C16H25N3. The summed E-state index contributed by atoms with van der Waals surface area (Å²) >= 11 is 0. The van der Waals surface area contributed by atoms with Gasteiger partial charge in [0.2, 0.25) is 0 Å². The summed E-state index contributed by atoms with van der Waals surface area (Å²) < 4.78 is 2.22. The zero-order chi connectivity index (χ0) is 14.0. The normalized spacial score (nSPS) is 13.9. The molecule has 0 radical (unpaired) electrons. The Morgan fingerprint density at radius 1 is 1.32 bits per heavy atom. The highest BCUT2D eigenvalue weighted by molar-refractivity contribution is 5.75. The molecule has 0 saturated heterocycles. The van der Waals surface area contributed by atoms with E-state index in [4.69, 9.17) is 4.98 Å². The zero-order valence-electron chi connectivity index (χ0n) is 12.7. The Morgan fingerprint density at radius 2 is 2.00 bits per heavy atom. The lowest BCUT2D eigenvalue weighted by atomic mass is 9.82. The van der Waals surface area contributed by atoms with Gasteiger partial charge in [0, 0.05) is 19.5 Å². The number of hydrogen-bond acceptors (Lipinski definition) is 2. The first-order chi connectivity index (χ1) is 8.93. The van der Waals surface area contributed by atoms with Gasteiger partial charge in [0.1, 0.15) is 5.82 Å². The van der Waals surface area contributed by atoms with Crippen molar-refractivity contribution in [3.8, 4) is 0 Å². The highest BCUT2D eigenvalue weighted by Gasteiger charge is 2.23. The molecule has 0 saturated carbocycles. The molecule has 2 aromatic rings. The summed E-state index contributed by atoms with van der Waals surface area (Å²) in [6.07, 6.45) is 2.15. The fourth-order valence-corrected chi connectivity index (χ4v) is 2.78. The predicted octanol–water partition coefficient (Wildman–Crippen LogP) is 3.14. The van der Waals surface area contributed by atoms with E-state index in [-0.39, 0.29) is 5.41 Å². The predicted molar refractivity (Wildman–Crippen MR) is 81.3 cm³/mol. The Balaban J connectivity index is 2.23. The molecule has 0 fully saturated rings. The highest BCUT2D eigenvalue weighted by Crippen LogP contribution is 2.28. The van der Waals surface area contributed by atoms with Crippen LogP contribution in [0.2, 0.25) is 0 Å². The van der Waals surface area contributed by atoms with Crippen molar-refractivity contribution in [1.29, 1.82) is 0 Å². The molecule has 1 N–H and O–H groups in total. The molecule has 0 bridgehead atoms. The molecule has 0 aliphatic carbocycles. The Kier molecular flexibility index (Phi) is 3.95. The lowest BCUT2D eigenvalue weighted by molar-refractivity contribution is 0.286. The van der Waals surface area contributed by atoms with Crippen molar-refractivity contribution in [3.63, 3.8) is 0 Å². The molecule has 104 valence electrons. The van der Waals surface area contributed by atoms with Crippen LogP contribution < -0.4 is 5.32 Å². The van der Waals surface area contributed by atoms with Gasteiger partial charge < -0.3 is 9.88 Å². The van der Waals surface area contributed by atoms with Gasteiger partial charge in [-0.1, -0.05) is 26.0 Å². The van der Waals surface area contributed by atoms with Crippen molar-refractivity contribution in [2.45, 2.75) is 39.7 Å². The number of aromatic nitrogens is 2. The van der Waals surface area contributed by atoms with Crippen molar-refractivity contribution in [2.24, 2.45) is 12.5 Å². The van der Waals surface area contributed by atoms with Crippen LogP contribution in [0.1, 0.15) is 33.0 Å². The second-order valence-electron chi connectivity index (χ2n) is 6.31. The lowest BCUT2D eigenvalue weighted by Crippen LogP contribution is -2.30. The third-order valence-electron chi connectivity index (χ3n) is 3.87. The monoisotopic (exact) mass is 259 g/mol. The van der Waals surface area contributed by atoms with Gasteiger partial charge in [0.15, 0.2) is 0 Å². The maximum absolute atomic E-state index is 4.77. The zero-order valence-corrected chi connectivity index (χ0v) is 12.7. The van der Waals surface area contributed by atoms with Crippen molar-refractivity contribution < 1.29 is 0 Å². The van der Waals surface area contributed by atoms with E-state index < -0.39 is 0 Å². The minimum absolute atomic E-state index is 0.248. The van der Waals surface area contributed by atoms with E-state index in [2.05, 4.69) is 55.9 Å². The van der Waals surface area contributed by atoms with Crippen LogP contribution in [0.25, 0.3) is 11.0 Å². The van der Waals surface area contributed by atoms with E-state index in [0.29, 0.717) is 6.04 Å². The Morgan fingerprint density at radius 3 is 2.63 bits per heavy atom. The first kappa shape index (κ1) is 14.1. The summed E-state index contributed by atoms with van der Waals surface area (Å²) in [4.78, 5) is 4.77. The third kappa shape index (κ3) is 3.16. The van der Waals surface area contributed by atoms with E-state index in [9.17, 15) is 0 Å². The first-order valence-corrected chi connectivity index (χ1v) is 7.00. The summed E-state index contributed by atoms with van der Waals surface area (Å²) in [6.45, 7) is 6.87. The summed E-state index contributed by atoms with van der Waals surface area (Å²) in [5.74, 6) is 1.18. The number of nitrogens with zero attached hydrogens (tertiary/aromatic N) is 2. The van der Waals surface area contributed by atoms with Crippen LogP contribution in [0.15, 0.2) is 24.3 Å². The number of rotatable bonds is 5. The summed E-state index contributed by atoms with van der Waals surface area (Å²) in [7, 11) is 4.14. The molecule has 0 aliphatic rings. The van der Waals surface area contributed by atoms with Gasteiger partial charge in [-0.2, -0.15) is 0 Å². The molecule has 1 atom stereocenters. The Hall–Kier alpha value is -1.35. The van der Waals surface area contributed by atoms with Gasteiger partial charge in [0.05, 0.1) is 11.0 Å². The minimum Gasteiger partial charge on any atom is -0.331 e. The lowest BCUT2D eigenvalue weighted by Gasteiger charge is -2.27. The van der Waals surface area contributed by atoms with Gasteiger partial charge >= 0.3 is 0 Å². The average Bonchev–Trinajstić information content (AvgIpc) is 2.65. The van der Waals surface area contributed by atoms with E-state index in [0.717, 1.165) is 18.4 Å². The molecule has 0 spiro atoms. The molecule has 3 heteroatoms. The smallest absolute Gasteiger partial charge is 0.110 e. The fourth-order valence-electron chi connectivity index (χ4n) is 2.78. The second-order valence-corrected chi connectivity index (χ2v) is 6.31. The van der Waals surface area contributed by atoms with Gasteiger partial charge in [-0.3, -0.25) is 0 Å². The Labute approximate surface area is 116 Å². The maximum atomic E-state index is 4.77. The number of nitrogens with one attached hydrogen (secondary N) is 1. The number of para-hydroxylation sites is 2. The average molecular weight is 259 g/mol. The van der Waals surface area contributed by atoms with Crippen molar-refractivity contribution in [1.82, 2.24) is 14.9 Å². The molecule has 1 aromatic heterocycles. The minimum atomic E-state index is 0.248. The van der Waals surface area contributed by atoms with Crippen LogP contribution in [0.5, 0.6) is 0 Å². The van der Waals surface area contributed by atoms with E-state index in [1.54, 1.807) is 0 Å². The van der Waals surface area contributed by atoms with Gasteiger partial charge in [-0.25, -0.2) is 4.98 Å². The molecular weight excluding hydrogens is 234 g/mol. The van der Waals surface area contributed by atoms with Crippen LogP contribution in [0, 0.1) is 5.41 Å². The summed E-state index contributed by atoms with van der Waals surface area (Å²) in [6, 6.07) is 8.87. The van der Waals surface area contributed by atoms with Crippen molar-refractivity contribution >= 4 is 11.0 Å².